The van der Waals surface area contributed by atoms with E-state index in [1.807, 2.05) is 37.3 Å². The van der Waals surface area contributed by atoms with Gasteiger partial charge in [-0.1, -0.05) is 12.1 Å². The lowest BCUT2D eigenvalue weighted by molar-refractivity contribution is 0.331. The van der Waals surface area contributed by atoms with Crippen molar-refractivity contribution in [2.24, 2.45) is 0 Å². The average molecular weight is 282 g/mol. The van der Waals surface area contributed by atoms with Gasteiger partial charge in [0.2, 0.25) is 5.88 Å². The summed E-state index contributed by atoms with van der Waals surface area (Å²) in [5, 5.41) is 5.15. The van der Waals surface area contributed by atoms with Crippen molar-refractivity contribution in [3.63, 3.8) is 0 Å². The number of halogens is 1. The number of hydrogen-bond donors (Lipinski definition) is 1. The molecular weight excluding hydrogens is 267 g/mol. The Bertz CT molecular complexity index is 774. The fourth-order valence-electron chi connectivity index (χ4n) is 2.26. The normalized spacial score (nSPS) is 10.6. The SMILES string of the molecule is CCOc1nccc2c(Nc3cccc(F)c3)cccc12. The van der Waals surface area contributed by atoms with E-state index in [0.717, 1.165) is 16.5 Å². The summed E-state index contributed by atoms with van der Waals surface area (Å²) in [6.07, 6.45) is 1.71. The van der Waals surface area contributed by atoms with Crippen molar-refractivity contribution < 1.29 is 9.13 Å². The second-order valence-electron chi connectivity index (χ2n) is 4.59. The predicted octanol–water partition coefficient (Wildman–Crippen LogP) is 4.52. The molecule has 0 atom stereocenters. The number of rotatable bonds is 4. The Morgan fingerprint density at radius 3 is 2.76 bits per heavy atom. The smallest absolute Gasteiger partial charge is 0.221 e. The molecule has 0 unspecified atom stereocenters. The first-order valence-corrected chi connectivity index (χ1v) is 6.81. The van der Waals surface area contributed by atoms with Crippen LogP contribution >= 0.6 is 0 Å². The Kier molecular flexibility index (Phi) is 3.69. The van der Waals surface area contributed by atoms with Crippen LogP contribution in [0.3, 0.4) is 0 Å². The minimum absolute atomic E-state index is 0.267. The first-order valence-electron chi connectivity index (χ1n) is 6.81. The molecule has 3 aromatic rings. The van der Waals surface area contributed by atoms with Gasteiger partial charge in [-0.05, 0) is 43.3 Å². The molecule has 0 aliphatic carbocycles. The number of aromatic nitrogens is 1. The van der Waals surface area contributed by atoms with Gasteiger partial charge < -0.3 is 10.1 Å². The van der Waals surface area contributed by atoms with Gasteiger partial charge in [-0.25, -0.2) is 9.37 Å². The van der Waals surface area contributed by atoms with Crippen molar-refractivity contribution >= 4 is 22.1 Å². The average Bonchev–Trinajstić information content (AvgIpc) is 2.48. The van der Waals surface area contributed by atoms with Crippen molar-refractivity contribution in [1.82, 2.24) is 4.98 Å². The number of nitrogens with zero attached hydrogens (tertiary/aromatic N) is 1. The van der Waals surface area contributed by atoms with E-state index in [2.05, 4.69) is 10.3 Å². The molecule has 106 valence electrons. The highest BCUT2D eigenvalue weighted by Crippen LogP contribution is 2.30. The van der Waals surface area contributed by atoms with Gasteiger partial charge in [-0.2, -0.15) is 0 Å². The van der Waals surface area contributed by atoms with E-state index in [0.29, 0.717) is 18.2 Å². The zero-order valence-corrected chi connectivity index (χ0v) is 11.6. The zero-order chi connectivity index (χ0) is 14.7. The molecule has 21 heavy (non-hydrogen) atoms. The maximum Gasteiger partial charge on any atom is 0.221 e. The Morgan fingerprint density at radius 2 is 1.95 bits per heavy atom. The lowest BCUT2D eigenvalue weighted by Gasteiger charge is -2.12. The lowest BCUT2D eigenvalue weighted by atomic mass is 10.1. The molecule has 4 heteroatoms. The third-order valence-corrected chi connectivity index (χ3v) is 3.15. The molecule has 0 aliphatic rings. The predicted molar refractivity (Wildman–Crippen MR) is 82.6 cm³/mol. The topological polar surface area (TPSA) is 34.1 Å². The summed E-state index contributed by atoms with van der Waals surface area (Å²) >= 11 is 0. The first-order chi connectivity index (χ1) is 10.3. The summed E-state index contributed by atoms with van der Waals surface area (Å²) in [5.41, 5.74) is 1.60. The second-order valence-corrected chi connectivity index (χ2v) is 4.59. The van der Waals surface area contributed by atoms with Crippen molar-refractivity contribution in [2.75, 3.05) is 11.9 Å². The number of benzene rings is 2. The van der Waals surface area contributed by atoms with Crippen molar-refractivity contribution in [2.45, 2.75) is 6.92 Å². The van der Waals surface area contributed by atoms with Gasteiger partial charge in [0, 0.05) is 28.3 Å². The van der Waals surface area contributed by atoms with Crippen LogP contribution < -0.4 is 10.1 Å². The molecule has 1 aromatic heterocycles. The lowest BCUT2D eigenvalue weighted by Crippen LogP contribution is -1.97. The fourth-order valence-corrected chi connectivity index (χ4v) is 2.26. The minimum atomic E-state index is -0.267. The van der Waals surface area contributed by atoms with Crippen LogP contribution in [-0.2, 0) is 0 Å². The molecule has 1 N–H and O–H groups in total. The molecule has 0 bridgehead atoms. The van der Waals surface area contributed by atoms with Crippen LogP contribution in [0.1, 0.15) is 6.92 Å². The Balaban J connectivity index is 2.05. The molecule has 0 aliphatic heterocycles. The molecule has 0 amide bonds. The third kappa shape index (κ3) is 2.79. The summed E-state index contributed by atoms with van der Waals surface area (Å²) in [7, 11) is 0. The largest absolute Gasteiger partial charge is 0.478 e. The molecular formula is C17H15FN2O. The van der Waals surface area contributed by atoms with Gasteiger partial charge in [-0.3, -0.25) is 0 Å². The summed E-state index contributed by atoms with van der Waals surface area (Å²) < 4.78 is 18.8. The summed E-state index contributed by atoms with van der Waals surface area (Å²) in [5.74, 6) is 0.342. The van der Waals surface area contributed by atoms with Gasteiger partial charge in [-0.15, -0.1) is 0 Å². The van der Waals surface area contributed by atoms with Gasteiger partial charge in [0.15, 0.2) is 0 Å². The quantitative estimate of drug-likeness (QED) is 0.764. The highest BCUT2D eigenvalue weighted by atomic mass is 19.1. The summed E-state index contributed by atoms with van der Waals surface area (Å²) in [6, 6.07) is 14.1. The zero-order valence-electron chi connectivity index (χ0n) is 11.6. The molecule has 0 spiro atoms. The maximum absolute atomic E-state index is 13.3. The van der Waals surface area contributed by atoms with Crippen LogP contribution in [-0.4, -0.2) is 11.6 Å². The highest BCUT2D eigenvalue weighted by Gasteiger charge is 2.07. The number of ether oxygens (including phenoxy) is 1. The molecule has 3 rings (SSSR count). The second kappa shape index (κ2) is 5.79. The van der Waals surface area contributed by atoms with Crippen LogP contribution in [0.15, 0.2) is 54.7 Å². The van der Waals surface area contributed by atoms with Gasteiger partial charge in [0.25, 0.3) is 0 Å². The van der Waals surface area contributed by atoms with E-state index in [1.165, 1.54) is 12.1 Å². The van der Waals surface area contributed by atoms with Crippen LogP contribution in [0.5, 0.6) is 5.88 Å². The van der Waals surface area contributed by atoms with E-state index in [-0.39, 0.29) is 5.82 Å². The highest BCUT2D eigenvalue weighted by molar-refractivity contribution is 5.97. The molecule has 0 saturated heterocycles. The van der Waals surface area contributed by atoms with Gasteiger partial charge in [0.1, 0.15) is 5.82 Å². The Morgan fingerprint density at radius 1 is 1.10 bits per heavy atom. The number of fused-ring (bicyclic) bond motifs is 1. The van der Waals surface area contributed by atoms with E-state index in [1.54, 1.807) is 12.3 Å². The number of hydrogen-bond acceptors (Lipinski definition) is 3. The van der Waals surface area contributed by atoms with E-state index >= 15 is 0 Å². The van der Waals surface area contributed by atoms with Gasteiger partial charge >= 0.3 is 0 Å². The number of nitrogens with one attached hydrogen (secondary N) is 1. The Labute approximate surface area is 122 Å². The van der Waals surface area contributed by atoms with Crippen molar-refractivity contribution in [1.29, 1.82) is 0 Å². The molecule has 0 saturated carbocycles. The van der Waals surface area contributed by atoms with E-state index in [9.17, 15) is 4.39 Å². The molecule has 0 radical (unpaired) electrons. The molecule has 0 fully saturated rings. The molecule has 2 aromatic carbocycles. The van der Waals surface area contributed by atoms with Gasteiger partial charge in [0.05, 0.1) is 6.61 Å². The van der Waals surface area contributed by atoms with Crippen molar-refractivity contribution in [3.8, 4) is 5.88 Å². The van der Waals surface area contributed by atoms with E-state index < -0.39 is 0 Å². The standard InChI is InChI=1S/C17H15FN2O/c1-2-21-17-15-7-4-8-16(14(15)9-10-19-17)20-13-6-3-5-12(18)11-13/h3-11,20H,2H2,1H3. The number of anilines is 2. The van der Waals surface area contributed by atoms with Crippen LogP contribution in [0.25, 0.3) is 10.8 Å². The van der Waals surface area contributed by atoms with Crippen LogP contribution in [0.2, 0.25) is 0 Å². The molecule has 1 heterocycles. The number of pyridine rings is 1. The van der Waals surface area contributed by atoms with Crippen LogP contribution in [0.4, 0.5) is 15.8 Å². The first kappa shape index (κ1) is 13.4. The third-order valence-electron chi connectivity index (χ3n) is 3.15. The minimum Gasteiger partial charge on any atom is -0.478 e. The summed E-state index contributed by atoms with van der Waals surface area (Å²) in [6.45, 7) is 2.49. The Hall–Kier alpha value is -2.62. The fraction of sp³-hybridized carbons (Fsp3) is 0.118. The van der Waals surface area contributed by atoms with Crippen LogP contribution in [0, 0.1) is 5.82 Å². The monoisotopic (exact) mass is 282 g/mol. The summed E-state index contributed by atoms with van der Waals surface area (Å²) in [4.78, 5) is 4.25. The van der Waals surface area contributed by atoms with E-state index in [4.69, 9.17) is 4.74 Å². The molecule has 3 nitrogen and oxygen atoms in total. The maximum atomic E-state index is 13.3. The van der Waals surface area contributed by atoms with Crippen molar-refractivity contribution in [3.05, 3.63) is 60.5 Å².